The number of hydrogen-bond acceptors (Lipinski definition) is 1. The van der Waals surface area contributed by atoms with Gasteiger partial charge in [-0.25, -0.2) is 4.39 Å². The predicted molar refractivity (Wildman–Crippen MR) is 78.1 cm³/mol. The third-order valence-corrected chi connectivity index (χ3v) is 3.49. The molecular weight excluding hydrogens is 261 g/mol. The third-order valence-electron chi connectivity index (χ3n) is 3.18. The summed E-state index contributed by atoms with van der Waals surface area (Å²) in [6.45, 7) is 4.91. The third kappa shape index (κ3) is 3.14. The molecule has 2 aromatic carbocycles. The molecule has 2 rings (SSSR count). The van der Waals surface area contributed by atoms with Gasteiger partial charge in [-0.15, -0.1) is 0 Å². The summed E-state index contributed by atoms with van der Waals surface area (Å²) in [4.78, 5) is 0. The molecule has 100 valence electrons. The van der Waals surface area contributed by atoms with Gasteiger partial charge in [0, 0.05) is 0 Å². The first-order chi connectivity index (χ1) is 9.13. The molecule has 0 aliphatic carbocycles. The van der Waals surface area contributed by atoms with Gasteiger partial charge in [0.25, 0.3) is 0 Å². The van der Waals surface area contributed by atoms with Gasteiger partial charge in [0.2, 0.25) is 0 Å². The smallest absolute Gasteiger partial charge is 0.142 e. The zero-order valence-corrected chi connectivity index (χ0v) is 11.8. The normalized spacial score (nSPS) is 12.4. The highest BCUT2D eigenvalue weighted by molar-refractivity contribution is 6.30. The van der Waals surface area contributed by atoms with Crippen LogP contribution in [-0.2, 0) is 0 Å². The average molecular weight is 278 g/mol. The summed E-state index contributed by atoms with van der Waals surface area (Å²) in [5.74, 6) is -0.379. The second kappa shape index (κ2) is 6.18. The summed E-state index contributed by atoms with van der Waals surface area (Å²) < 4.78 is 13.6. The zero-order chi connectivity index (χ0) is 13.8. The van der Waals surface area contributed by atoms with Crippen LogP contribution in [0.2, 0.25) is 5.02 Å². The predicted octanol–water partition coefficient (Wildman–Crippen LogP) is 4.49. The van der Waals surface area contributed by atoms with E-state index in [9.17, 15) is 4.39 Å². The van der Waals surface area contributed by atoms with E-state index in [4.69, 9.17) is 11.6 Å². The van der Waals surface area contributed by atoms with Crippen LogP contribution in [0, 0.1) is 12.7 Å². The standard InChI is InChI=1S/C16H17ClFN/c1-3-19-16(13-7-5-4-6-11(13)2)12-8-9-14(17)15(18)10-12/h4-10,16,19H,3H2,1-2H3. The van der Waals surface area contributed by atoms with E-state index in [1.54, 1.807) is 6.07 Å². The molecule has 1 atom stereocenters. The molecule has 1 N–H and O–H groups in total. The largest absolute Gasteiger partial charge is 0.307 e. The van der Waals surface area contributed by atoms with Crippen molar-refractivity contribution in [1.82, 2.24) is 5.32 Å². The summed E-state index contributed by atoms with van der Waals surface area (Å²) in [6, 6.07) is 13.1. The van der Waals surface area contributed by atoms with Crippen LogP contribution in [0.5, 0.6) is 0 Å². The first-order valence-electron chi connectivity index (χ1n) is 6.37. The molecule has 2 aromatic rings. The van der Waals surface area contributed by atoms with Crippen LogP contribution in [0.1, 0.15) is 29.7 Å². The Labute approximate surface area is 118 Å². The molecule has 0 spiro atoms. The van der Waals surface area contributed by atoms with Crippen molar-refractivity contribution >= 4 is 11.6 Å². The molecule has 0 aliphatic heterocycles. The van der Waals surface area contributed by atoms with E-state index >= 15 is 0 Å². The SMILES string of the molecule is CCNC(c1ccc(Cl)c(F)c1)c1ccccc1C. The highest BCUT2D eigenvalue weighted by Gasteiger charge is 2.16. The Hall–Kier alpha value is -1.38. The molecule has 0 saturated heterocycles. The Morgan fingerprint density at radius 3 is 2.58 bits per heavy atom. The quantitative estimate of drug-likeness (QED) is 0.868. The molecule has 0 fully saturated rings. The Kier molecular flexibility index (Phi) is 4.56. The summed E-state index contributed by atoms with van der Waals surface area (Å²) in [7, 11) is 0. The number of hydrogen-bond donors (Lipinski definition) is 1. The van der Waals surface area contributed by atoms with Gasteiger partial charge in [-0.2, -0.15) is 0 Å². The van der Waals surface area contributed by atoms with Gasteiger partial charge in [-0.3, -0.25) is 0 Å². The average Bonchev–Trinajstić information content (AvgIpc) is 2.40. The van der Waals surface area contributed by atoms with Crippen molar-refractivity contribution in [3.63, 3.8) is 0 Å². The summed E-state index contributed by atoms with van der Waals surface area (Å²) in [5, 5.41) is 3.55. The summed E-state index contributed by atoms with van der Waals surface area (Å²) in [6.07, 6.45) is 0. The lowest BCUT2D eigenvalue weighted by Gasteiger charge is -2.21. The number of nitrogens with one attached hydrogen (secondary N) is 1. The Bertz CT molecular complexity index is 568. The first kappa shape index (κ1) is 14.0. The summed E-state index contributed by atoms with van der Waals surface area (Å²) in [5.41, 5.74) is 3.23. The summed E-state index contributed by atoms with van der Waals surface area (Å²) >= 11 is 5.74. The van der Waals surface area contributed by atoms with E-state index in [1.807, 2.05) is 25.1 Å². The molecule has 0 aliphatic rings. The van der Waals surface area contributed by atoms with Crippen molar-refractivity contribution in [1.29, 1.82) is 0 Å². The topological polar surface area (TPSA) is 12.0 Å². The second-order valence-corrected chi connectivity index (χ2v) is 4.93. The van der Waals surface area contributed by atoms with Gasteiger partial charge in [-0.1, -0.05) is 48.9 Å². The molecule has 1 unspecified atom stereocenters. The van der Waals surface area contributed by atoms with Crippen LogP contribution >= 0.6 is 11.6 Å². The number of aryl methyl sites for hydroxylation is 1. The van der Waals surface area contributed by atoms with Gasteiger partial charge in [0.1, 0.15) is 5.82 Å². The first-order valence-corrected chi connectivity index (χ1v) is 6.75. The Morgan fingerprint density at radius 2 is 1.95 bits per heavy atom. The lowest BCUT2D eigenvalue weighted by atomic mass is 9.95. The fourth-order valence-corrected chi connectivity index (χ4v) is 2.33. The van der Waals surface area contributed by atoms with E-state index in [1.165, 1.54) is 11.6 Å². The van der Waals surface area contributed by atoms with Crippen molar-refractivity contribution in [2.45, 2.75) is 19.9 Å². The van der Waals surface area contributed by atoms with Gasteiger partial charge >= 0.3 is 0 Å². The minimum absolute atomic E-state index is 0.0158. The molecular formula is C16H17ClFN. The van der Waals surface area contributed by atoms with Crippen molar-refractivity contribution in [3.8, 4) is 0 Å². The van der Waals surface area contributed by atoms with Crippen molar-refractivity contribution < 1.29 is 4.39 Å². The number of benzene rings is 2. The fraction of sp³-hybridized carbons (Fsp3) is 0.250. The van der Waals surface area contributed by atoms with Crippen LogP contribution in [0.4, 0.5) is 4.39 Å². The maximum Gasteiger partial charge on any atom is 0.142 e. The van der Waals surface area contributed by atoms with Crippen LogP contribution < -0.4 is 5.32 Å². The zero-order valence-electron chi connectivity index (χ0n) is 11.1. The maximum atomic E-state index is 13.6. The molecule has 3 heteroatoms. The Balaban J connectivity index is 2.45. The van der Waals surface area contributed by atoms with E-state index in [0.29, 0.717) is 0 Å². The van der Waals surface area contributed by atoms with Gasteiger partial charge in [0.15, 0.2) is 0 Å². The van der Waals surface area contributed by atoms with Crippen LogP contribution in [0.3, 0.4) is 0 Å². The lowest BCUT2D eigenvalue weighted by molar-refractivity contribution is 0.602. The molecule has 0 radical (unpaired) electrons. The fourth-order valence-electron chi connectivity index (χ4n) is 2.21. The van der Waals surface area contributed by atoms with Crippen molar-refractivity contribution in [2.75, 3.05) is 6.54 Å². The highest BCUT2D eigenvalue weighted by Crippen LogP contribution is 2.27. The van der Waals surface area contributed by atoms with E-state index < -0.39 is 0 Å². The molecule has 0 amide bonds. The molecule has 19 heavy (non-hydrogen) atoms. The minimum atomic E-state index is -0.379. The number of halogens is 2. The van der Waals surface area contributed by atoms with E-state index in [0.717, 1.165) is 17.7 Å². The van der Waals surface area contributed by atoms with Gasteiger partial charge in [0.05, 0.1) is 11.1 Å². The molecule has 0 aromatic heterocycles. The van der Waals surface area contributed by atoms with Gasteiger partial charge in [-0.05, 0) is 42.3 Å². The molecule has 0 bridgehead atoms. The van der Waals surface area contributed by atoms with E-state index in [2.05, 4.69) is 24.4 Å². The van der Waals surface area contributed by atoms with Crippen LogP contribution in [-0.4, -0.2) is 6.54 Å². The minimum Gasteiger partial charge on any atom is -0.307 e. The molecule has 1 nitrogen and oxygen atoms in total. The highest BCUT2D eigenvalue weighted by atomic mass is 35.5. The lowest BCUT2D eigenvalue weighted by Crippen LogP contribution is -2.22. The monoisotopic (exact) mass is 277 g/mol. The van der Waals surface area contributed by atoms with Crippen molar-refractivity contribution in [3.05, 3.63) is 70.0 Å². The van der Waals surface area contributed by atoms with Gasteiger partial charge < -0.3 is 5.32 Å². The maximum absolute atomic E-state index is 13.6. The Morgan fingerprint density at radius 1 is 1.21 bits per heavy atom. The van der Waals surface area contributed by atoms with Crippen LogP contribution in [0.15, 0.2) is 42.5 Å². The van der Waals surface area contributed by atoms with E-state index in [-0.39, 0.29) is 16.9 Å². The molecule has 0 saturated carbocycles. The molecule has 0 heterocycles. The van der Waals surface area contributed by atoms with Crippen molar-refractivity contribution in [2.24, 2.45) is 0 Å². The van der Waals surface area contributed by atoms with Crippen LogP contribution in [0.25, 0.3) is 0 Å². The number of rotatable bonds is 4. The second-order valence-electron chi connectivity index (χ2n) is 4.52.